The van der Waals surface area contributed by atoms with Crippen molar-refractivity contribution in [2.24, 2.45) is 0 Å². The average Bonchev–Trinajstić information content (AvgIpc) is 3.15. The van der Waals surface area contributed by atoms with E-state index in [9.17, 15) is 9.59 Å². The van der Waals surface area contributed by atoms with Crippen LogP contribution in [-0.4, -0.2) is 44.6 Å². The average molecular weight is 468 g/mol. The molecule has 0 fully saturated rings. The number of hydrogen-bond acceptors (Lipinski definition) is 6. The predicted molar refractivity (Wildman–Crippen MR) is 130 cm³/mol. The van der Waals surface area contributed by atoms with Gasteiger partial charge in [0.05, 0.1) is 12.4 Å². The number of nitrogens with zero attached hydrogens (tertiary/aromatic N) is 3. The van der Waals surface area contributed by atoms with E-state index in [0.29, 0.717) is 17.6 Å². The first-order valence-electron chi connectivity index (χ1n) is 10.7. The SMILES string of the molecule is CCOc1ccc(-n2c(SCC(=O)NC(=O)NC(C)(C)C)nnc2-c2cccc(C)c2)cc1. The molecule has 174 valence electrons. The number of amides is 3. The van der Waals surface area contributed by atoms with Crippen LogP contribution in [0.2, 0.25) is 0 Å². The first-order chi connectivity index (χ1) is 15.7. The fraction of sp³-hybridized carbons (Fsp3) is 0.333. The van der Waals surface area contributed by atoms with E-state index in [4.69, 9.17) is 4.74 Å². The predicted octanol–water partition coefficient (Wildman–Crippen LogP) is 4.36. The summed E-state index contributed by atoms with van der Waals surface area (Å²) in [6.45, 7) is 10.1. The molecule has 1 heterocycles. The van der Waals surface area contributed by atoms with Crippen molar-refractivity contribution in [2.75, 3.05) is 12.4 Å². The highest BCUT2D eigenvalue weighted by molar-refractivity contribution is 7.99. The van der Waals surface area contributed by atoms with E-state index in [-0.39, 0.29) is 5.75 Å². The first-order valence-corrected chi connectivity index (χ1v) is 11.7. The molecule has 3 rings (SSSR count). The molecular formula is C24H29N5O3S. The van der Waals surface area contributed by atoms with Crippen molar-refractivity contribution in [1.82, 2.24) is 25.4 Å². The smallest absolute Gasteiger partial charge is 0.321 e. The minimum absolute atomic E-state index is 0.0144. The quantitative estimate of drug-likeness (QED) is 0.501. The van der Waals surface area contributed by atoms with Gasteiger partial charge in [0, 0.05) is 16.8 Å². The van der Waals surface area contributed by atoms with E-state index in [1.165, 1.54) is 11.8 Å². The van der Waals surface area contributed by atoms with Crippen molar-refractivity contribution in [1.29, 1.82) is 0 Å². The number of hydrogen-bond donors (Lipinski definition) is 2. The van der Waals surface area contributed by atoms with Gasteiger partial charge in [-0.05, 0) is 65.0 Å². The molecule has 2 N–H and O–H groups in total. The van der Waals surface area contributed by atoms with Crippen molar-refractivity contribution < 1.29 is 14.3 Å². The number of benzene rings is 2. The molecule has 0 spiro atoms. The molecule has 0 aliphatic carbocycles. The molecule has 0 radical (unpaired) electrons. The van der Waals surface area contributed by atoms with Gasteiger partial charge in [0.1, 0.15) is 5.75 Å². The molecule has 0 saturated heterocycles. The van der Waals surface area contributed by atoms with Gasteiger partial charge in [0.25, 0.3) is 0 Å². The molecule has 3 amide bonds. The normalized spacial score (nSPS) is 11.2. The number of carbonyl (C=O) groups is 2. The van der Waals surface area contributed by atoms with Crippen LogP contribution in [0.25, 0.3) is 17.1 Å². The van der Waals surface area contributed by atoms with E-state index < -0.39 is 17.5 Å². The second-order valence-corrected chi connectivity index (χ2v) is 9.42. The lowest BCUT2D eigenvalue weighted by atomic mass is 10.1. The molecule has 0 aliphatic heterocycles. The Kier molecular flexibility index (Phi) is 7.75. The Morgan fingerprint density at radius 3 is 2.45 bits per heavy atom. The summed E-state index contributed by atoms with van der Waals surface area (Å²) in [5.74, 6) is 1.03. The van der Waals surface area contributed by atoms with Gasteiger partial charge < -0.3 is 10.1 Å². The van der Waals surface area contributed by atoms with Crippen LogP contribution < -0.4 is 15.4 Å². The zero-order valence-electron chi connectivity index (χ0n) is 19.5. The van der Waals surface area contributed by atoms with Crippen LogP contribution in [0.1, 0.15) is 33.3 Å². The fourth-order valence-corrected chi connectivity index (χ4v) is 3.84. The highest BCUT2D eigenvalue weighted by atomic mass is 32.2. The third kappa shape index (κ3) is 6.82. The van der Waals surface area contributed by atoms with Gasteiger partial charge in [0.2, 0.25) is 5.91 Å². The van der Waals surface area contributed by atoms with Crippen LogP contribution in [-0.2, 0) is 4.79 Å². The Bertz CT molecular complexity index is 1120. The molecule has 33 heavy (non-hydrogen) atoms. The summed E-state index contributed by atoms with van der Waals surface area (Å²) in [5, 5.41) is 14.3. The van der Waals surface area contributed by atoms with Crippen LogP contribution >= 0.6 is 11.8 Å². The second kappa shape index (κ2) is 10.5. The van der Waals surface area contributed by atoms with Crippen LogP contribution in [0.4, 0.5) is 4.79 Å². The van der Waals surface area contributed by atoms with Gasteiger partial charge >= 0.3 is 6.03 Å². The van der Waals surface area contributed by atoms with Crippen molar-refractivity contribution in [3.05, 3.63) is 54.1 Å². The lowest BCUT2D eigenvalue weighted by Crippen LogP contribution is -2.48. The molecule has 1 aromatic heterocycles. The largest absolute Gasteiger partial charge is 0.494 e. The molecule has 0 saturated carbocycles. The standard InChI is InChI=1S/C24H29N5O3S/c1-6-32-19-12-10-18(11-13-19)29-21(17-9-7-8-16(2)14-17)27-28-23(29)33-15-20(30)25-22(31)26-24(3,4)5/h7-14H,6,15H2,1-5H3,(H2,25,26,30,31). The highest BCUT2D eigenvalue weighted by Crippen LogP contribution is 2.29. The lowest BCUT2D eigenvalue weighted by Gasteiger charge is -2.20. The summed E-state index contributed by atoms with van der Waals surface area (Å²) in [4.78, 5) is 24.3. The van der Waals surface area contributed by atoms with Gasteiger partial charge in [-0.2, -0.15) is 0 Å². The maximum Gasteiger partial charge on any atom is 0.321 e. The number of thioether (sulfide) groups is 1. The summed E-state index contributed by atoms with van der Waals surface area (Å²) in [6, 6.07) is 15.1. The Balaban J connectivity index is 1.85. The van der Waals surface area contributed by atoms with Gasteiger partial charge in [0.15, 0.2) is 11.0 Å². The molecule has 9 heteroatoms. The summed E-state index contributed by atoms with van der Waals surface area (Å²) < 4.78 is 7.45. The highest BCUT2D eigenvalue weighted by Gasteiger charge is 2.19. The van der Waals surface area contributed by atoms with Crippen molar-refractivity contribution in [2.45, 2.75) is 45.3 Å². The second-order valence-electron chi connectivity index (χ2n) is 8.48. The number of carbonyl (C=O) groups excluding carboxylic acids is 2. The maximum absolute atomic E-state index is 12.3. The van der Waals surface area contributed by atoms with E-state index in [1.54, 1.807) is 0 Å². The van der Waals surface area contributed by atoms with Crippen LogP contribution in [0.5, 0.6) is 5.75 Å². The van der Waals surface area contributed by atoms with Crippen molar-refractivity contribution in [3.8, 4) is 22.8 Å². The summed E-state index contributed by atoms with van der Waals surface area (Å²) in [6.07, 6.45) is 0. The number of aryl methyl sites for hydroxylation is 1. The Labute approximate surface area is 198 Å². The summed E-state index contributed by atoms with van der Waals surface area (Å²) >= 11 is 1.21. The van der Waals surface area contributed by atoms with Crippen molar-refractivity contribution in [3.63, 3.8) is 0 Å². The van der Waals surface area contributed by atoms with E-state index >= 15 is 0 Å². The van der Waals surface area contributed by atoms with Gasteiger partial charge in [-0.1, -0.05) is 35.5 Å². The number of imide groups is 1. The third-order valence-corrected chi connectivity index (χ3v) is 5.32. The Hall–Kier alpha value is -3.33. The number of ether oxygens (including phenoxy) is 1. The van der Waals surface area contributed by atoms with Crippen molar-refractivity contribution >= 4 is 23.7 Å². The van der Waals surface area contributed by atoms with E-state index in [0.717, 1.165) is 22.6 Å². The zero-order chi connectivity index (χ0) is 24.0. The van der Waals surface area contributed by atoms with Crippen LogP contribution in [0, 0.1) is 6.92 Å². The number of aromatic nitrogens is 3. The number of rotatable bonds is 7. The zero-order valence-corrected chi connectivity index (χ0v) is 20.3. The molecule has 0 unspecified atom stereocenters. The lowest BCUT2D eigenvalue weighted by molar-refractivity contribution is -0.117. The topological polar surface area (TPSA) is 98.1 Å². The molecule has 8 nitrogen and oxygen atoms in total. The third-order valence-electron chi connectivity index (χ3n) is 4.39. The monoisotopic (exact) mass is 467 g/mol. The van der Waals surface area contributed by atoms with Gasteiger partial charge in [-0.15, -0.1) is 10.2 Å². The first kappa shape index (κ1) is 24.3. The number of urea groups is 1. The minimum atomic E-state index is -0.526. The molecule has 3 aromatic rings. The Morgan fingerprint density at radius 1 is 1.09 bits per heavy atom. The van der Waals surface area contributed by atoms with E-state index in [1.807, 2.05) is 87.7 Å². The fourth-order valence-electron chi connectivity index (χ4n) is 3.09. The van der Waals surface area contributed by atoms with Crippen LogP contribution in [0.15, 0.2) is 53.7 Å². The number of nitrogens with one attached hydrogen (secondary N) is 2. The Morgan fingerprint density at radius 2 is 1.82 bits per heavy atom. The van der Waals surface area contributed by atoms with Gasteiger partial charge in [-0.25, -0.2) is 4.79 Å². The van der Waals surface area contributed by atoms with E-state index in [2.05, 4.69) is 20.8 Å². The minimum Gasteiger partial charge on any atom is -0.494 e. The molecule has 0 aliphatic rings. The maximum atomic E-state index is 12.3. The molecular weight excluding hydrogens is 438 g/mol. The molecule has 0 bridgehead atoms. The summed E-state index contributed by atoms with van der Waals surface area (Å²) in [5.41, 5.74) is 2.42. The molecule has 2 aromatic carbocycles. The van der Waals surface area contributed by atoms with Gasteiger partial charge in [-0.3, -0.25) is 14.7 Å². The summed E-state index contributed by atoms with van der Waals surface area (Å²) in [7, 11) is 0. The molecule has 0 atom stereocenters. The van der Waals surface area contributed by atoms with Crippen LogP contribution in [0.3, 0.4) is 0 Å².